The van der Waals surface area contributed by atoms with E-state index >= 15 is 8.78 Å². The Kier molecular flexibility index (Phi) is 9.05. The first-order chi connectivity index (χ1) is 21.2. The number of aromatic nitrogens is 4. The van der Waals surface area contributed by atoms with Crippen LogP contribution in [0.1, 0.15) is 27.0 Å². The van der Waals surface area contributed by atoms with E-state index in [9.17, 15) is 18.7 Å². The fourth-order valence-corrected chi connectivity index (χ4v) is 7.10. The number of aliphatic hydroxyl groups is 1. The van der Waals surface area contributed by atoms with Crippen molar-refractivity contribution in [3.63, 3.8) is 0 Å². The number of halogens is 4. The van der Waals surface area contributed by atoms with Gasteiger partial charge in [0.15, 0.2) is 23.8 Å². The van der Waals surface area contributed by atoms with Crippen LogP contribution in [0.25, 0.3) is 21.9 Å². The summed E-state index contributed by atoms with van der Waals surface area (Å²) in [7, 11) is 0. The maximum atomic E-state index is 15.8. The van der Waals surface area contributed by atoms with Gasteiger partial charge >= 0.3 is 18.5 Å². The Morgan fingerprint density at radius 2 is 1.89 bits per heavy atom. The summed E-state index contributed by atoms with van der Waals surface area (Å²) < 4.78 is 83.8. The van der Waals surface area contributed by atoms with Crippen LogP contribution in [0.3, 0.4) is 0 Å². The molecule has 5 unspecified atom stereocenters. The summed E-state index contributed by atoms with van der Waals surface area (Å²) in [6.45, 7) is -1.08. The van der Waals surface area contributed by atoms with Crippen LogP contribution in [0.2, 0.25) is 0 Å². The number of fused-ring (bicyclic) bond motifs is 2. The third kappa shape index (κ3) is 6.20. The van der Waals surface area contributed by atoms with Crippen molar-refractivity contribution >= 4 is 52.2 Å². The largest absolute Gasteiger partial charge is 0.462 e. The predicted molar refractivity (Wildman–Crippen MR) is 158 cm³/mol. The molecule has 1 saturated heterocycles. The number of benzene rings is 2. The van der Waals surface area contributed by atoms with Gasteiger partial charge in [0.05, 0.1) is 19.0 Å². The number of imidazole rings is 1. The van der Waals surface area contributed by atoms with Gasteiger partial charge in [-0.15, -0.1) is 0 Å². The first kappa shape index (κ1) is 32.9. The maximum absolute atomic E-state index is 15.8. The lowest BCUT2D eigenvalue weighted by molar-refractivity contribution is -0.241. The number of hydrogen-bond donors (Lipinski definition) is 3. The summed E-state index contributed by atoms with van der Waals surface area (Å²) in [6.07, 6.45) is -7.35. The average molecular weight is 673 g/mol. The molecule has 242 valence electrons. The van der Waals surface area contributed by atoms with Gasteiger partial charge in [0, 0.05) is 0 Å². The zero-order chi connectivity index (χ0) is 32.7. The van der Waals surface area contributed by atoms with E-state index in [-0.39, 0.29) is 22.7 Å². The molecule has 5 rings (SSSR count). The van der Waals surface area contributed by atoms with Gasteiger partial charge in [0.25, 0.3) is 6.43 Å². The number of alkyl halides is 4. The molecule has 1 aliphatic heterocycles. The Morgan fingerprint density at radius 3 is 2.58 bits per heavy atom. The highest BCUT2D eigenvalue weighted by atomic mass is 32.5. The highest BCUT2D eigenvalue weighted by Crippen LogP contribution is 2.55. The van der Waals surface area contributed by atoms with Crippen LogP contribution in [-0.4, -0.2) is 73.4 Å². The minimum absolute atomic E-state index is 0.0202. The topological polar surface area (TPSA) is 156 Å². The van der Waals surface area contributed by atoms with Gasteiger partial charge < -0.3 is 29.4 Å². The molecule has 45 heavy (non-hydrogen) atoms. The van der Waals surface area contributed by atoms with Crippen molar-refractivity contribution in [1.82, 2.24) is 24.6 Å². The molecular weight excluding hydrogens is 643 g/mol. The third-order valence-corrected chi connectivity index (χ3v) is 9.48. The highest BCUT2D eigenvalue weighted by Gasteiger charge is 2.74. The zero-order valence-corrected chi connectivity index (χ0v) is 25.7. The van der Waals surface area contributed by atoms with E-state index in [0.29, 0.717) is 0 Å². The quantitative estimate of drug-likeness (QED) is 0.118. The number of carbonyl (C=O) groups excluding carboxylic acids is 1. The number of nitrogens with one attached hydrogen (secondary N) is 1. The van der Waals surface area contributed by atoms with Crippen LogP contribution in [0.4, 0.5) is 23.4 Å². The van der Waals surface area contributed by atoms with E-state index in [1.807, 2.05) is 12.1 Å². The monoisotopic (exact) mass is 672 g/mol. The van der Waals surface area contributed by atoms with Crippen LogP contribution in [0.5, 0.6) is 5.75 Å². The van der Waals surface area contributed by atoms with Crippen molar-refractivity contribution in [2.45, 2.75) is 63.2 Å². The Morgan fingerprint density at radius 1 is 1.18 bits per heavy atom. The van der Waals surface area contributed by atoms with Crippen molar-refractivity contribution in [3.05, 3.63) is 55.1 Å². The molecule has 12 nitrogen and oxygen atoms in total. The summed E-state index contributed by atoms with van der Waals surface area (Å²) >= 11 is 5.57. The number of hydrogen-bond acceptors (Lipinski definition) is 11. The van der Waals surface area contributed by atoms with E-state index in [4.69, 9.17) is 36.1 Å². The second-order valence-corrected chi connectivity index (χ2v) is 13.7. The fraction of sp³-hybridized carbons (Fsp3) is 0.407. The molecule has 0 saturated carbocycles. The fourth-order valence-electron chi connectivity index (χ4n) is 4.70. The van der Waals surface area contributed by atoms with Gasteiger partial charge in [-0.25, -0.2) is 28.8 Å². The number of anilines is 1. The maximum Gasteiger partial charge on any atom is 0.323 e. The number of nitrogens with two attached hydrogens (primary N) is 1. The minimum Gasteiger partial charge on any atom is -0.462 e. The Bertz CT molecular complexity index is 1770. The third-order valence-electron chi connectivity index (χ3n) is 7.00. The number of aliphatic hydroxyl groups excluding tert-OH is 1. The molecule has 5 atom stereocenters. The Hall–Kier alpha value is -3.47. The summed E-state index contributed by atoms with van der Waals surface area (Å²) in [5.74, 6) is -5.38. The van der Waals surface area contributed by atoms with E-state index in [1.54, 1.807) is 38.1 Å². The highest BCUT2D eigenvalue weighted by molar-refractivity contribution is 8.09. The molecule has 0 amide bonds. The molecule has 18 heteroatoms. The molecule has 1 aliphatic rings. The lowest BCUT2D eigenvalue weighted by atomic mass is 9.95. The molecule has 4 N–H and O–H groups in total. The van der Waals surface area contributed by atoms with Gasteiger partial charge in [0.1, 0.15) is 23.6 Å². The molecule has 1 fully saturated rings. The predicted octanol–water partition coefficient (Wildman–Crippen LogP) is 4.34. The van der Waals surface area contributed by atoms with Crippen molar-refractivity contribution in [1.29, 1.82) is 0 Å². The van der Waals surface area contributed by atoms with Gasteiger partial charge in [-0.2, -0.15) is 8.78 Å². The molecular formula is C27H29F4N6O6PS. The van der Waals surface area contributed by atoms with Crippen molar-refractivity contribution in [2.24, 2.45) is 0 Å². The van der Waals surface area contributed by atoms with E-state index in [2.05, 4.69) is 20.0 Å². The molecule has 0 aliphatic carbocycles. The standard InChI is InChI=1S/C27H29F4N6O6PS/c1-14(2)41-24(39)15(3)36-44(45,43-18-9-8-16-6-4-5-7-17(16)10-18)40-11-26(25(28)29)27(30,31)20(38)23(42-26)37-13-35-19-21(32)33-12-34-22(19)37/h4-10,12-15,20,23,25,38H,11H2,1-3H3,(H,36,45)(H2,32,33,34). The van der Waals surface area contributed by atoms with Crippen LogP contribution in [0.15, 0.2) is 55.1 Å². The minimum atomic E-state index is -4.60. The molecule has 4 aromatic rings. The van der Waals surface area contributed by atoms with E-state index in [1.165, 1.54) is 13.0 Å². The molecule has 0 bridgehead atoms. The number of carbonyl (C=O) groups is 1. The average Bonchev–Trinajstić information content (AvgIpc) is 3.49. The Labute approximate surface area is 259 Å². The van der Waals surface area contributed by atoms with Crippen molar-refractivity contribution in [2.75, 3.05) is 12.3 Å². The molecule has 0 spiro atoms. The van der Waals surface area contributed by atoms with Gasteiger partial charge in [0.2, 0.25) is 5.60 Å². The number of esters is 1. The summed E-state index contributed by atoms with van der Waals surface area (Å²) in [4.78, 5) is 24.2. The van der Waals surface area contributed by atoms with Crippen LogP contribution in [-0.2, 0) is 30.6 Å². The number of rotatable bonds is 11. The Balaban J connectivity index is 1.48. The number of nitrogens with zero attached hydrogens (tertiary/aromatic N) is 4. The molecule has 2 aromatic carbocycles. The van der Waals surface area contributed by atoms with Crippen molar-refractivity contribution in [3.8, 4) is 5.75 Å². The van der Waals surface area contributed by atoms with Crippen LogP contribution in [0, 0.1) is 0 Å². The summed E-state index contributed by atoms with van der Waals surface area (Å²) in [5, 5.41) is 14.9. The second kappa shape index (κ2) is 12.4. The van der Waals surface area contributed by atoms with Crippen molar-refractivity contribution < 1.29 is 46.0 Å². The molecule has 3 heterocycles. The van der Waals surface area contributed by atoms with E-state index < -0.39 is 61.6 Å². The number of ether oxygens (including phenoxy) is 2. The summed E-state index contributed by atoms with van der Waals surface area (Å²) in [6, 6.07) is 10.8. The van der Waals surface area contributed by atoms with Crippen LogP contribution >= 0.6 is 6.64 Å². The normalized spacial score (nSPS) is 23.4. The van der Waals surface area contributed by atoms with Crippen LogP contribution < -0.4 is 15.3 Å². The lowest BCUT2D eigenvalue weighted by Crippen LogP contribution is -2.57. The SMILES string of the molecule is CC(C)OC(=O)C(C)NP(=S)(OCC1(C(F)F)OC(n2cnc3c(N)ncnc32)C(O)C1(F)F)Oc1ccc2ccccc2c1. The number of nitrogen functional groups attached to an aromatic ring is 1. The lowest BCUT2D eigenvalue weighted by Gasteiger charge is -2.35. The first-order valence-electron chi connectivity index (χ1n) is 13.5. The van der Waals surface area contributed by atoms with Gasteiger partial charge in [-0.05, 0) is 55.5 Å². The first-order valence-corrected chi connectivity index (χ1v) is 16.2. The smallest absolute Gasteiger partial charge is 0.323 e. The second-order valence-electron chi connectivity index (χ2n) is 10.6. The molecule has 2 aromatic heterocycles. The van der Waals surface area contributed by atoms with E-state index in [0.717, 1.165) is 28.0 Å². The molecule has 0 radical (unpaired) electrons. The summed E-state index contributed by atoms with van der Waals surface area (Å²) in [5.41, 5.74) is 1.86. The zero-order valence-electron chi connectivity index (χ0n) is 24.0. The van der Waals surface area contributed by atoms with Gasteiger partial charge in [-0.3, -0.25) is 9.36 Å². The van der Waals surface area contributed by atoms with Gasteiger partial charge in [-0.1, -0.05) is 30.3 Å².